The molecule has 9 heteroatoms. The van der Waals surface area contributed by atoms with E-state index in [0.717, 1.165) is 11.5 Å². The number of aryl methyl sites for hydroxylation is 1. The van der Waals surface area contributed by atoms with Gasteiger partial charge in [0, 0.05) is 20.1 Å². The smallest absolute Gasteiger partial charge is 0.308 e. The molecule has 0 aliphatic carbocycles. The number of hydrogen-bond donors (Lipinski definition) is 1. The molecule has 1 aliphatic heterocycles. The van der Waals surface area contributed by atoms with Crippen LogP contribution in [-0.4, -0.2) is 69.0 Å². The Balaban J connectivity index is 1.96. The number of rotatable bonds is 5. The first-order valence-corrected chi connectivity index (χ1v) is 8.28. The van der Waals surface area contributed by atoms with Crippen molar-refractivity contribution in [2.75, 3.05) is 26.7 Å². The van der Waals surface area contributed by atoms with Gasteiger partial charge in [-0.1, -0.05) is 11.4 Å². The average molecular weight is 340 g/mol. The number of likely N-dealkylation sites (N-methyl/N-ethyl adjacent to an activating group) is 1. The van der Waals surface area contributed by atoms with Crippen LogP contribution < -0.4 is 0 Å². The van der Waals surface area contributed by atoms with Gasteiger partial charge in [-0.3, -0.25) is 14.4 Å². The fourth-order valence-electron chi connectivity index (χ4n) is 2.56. The van der Waals surface area contributed by atoms with Crippen molar-refractivity contribution in [1.29, 1.82) is 0 Å². The van der Waals surface area contributed by atoms with Gasteiger partial charge in [-0.05, 0) is 30.8 Å². The Morgan fingerprint density at radius 1 is 1.43 bits per heavy atom. The molecule has 1 saturated heterocycles. The van der Waals surface area contributed by atoms with Crippen LogP contribution in [0.1, 0.15) is 35.1 Å². The minimum atomic E-state index is -0.879. The molecule has 0 aromatic carbocycles. The summed E-state index contributed by atoms with van der Waals surface area (Å²) in [4.78, 5) is 39.1. The predicted molar refractivity (Wildman–Crippen MR) is 83.2 cm³/mol. The number of aliphatic carboxylic acids is 1. The van der Waals surface area contributed by atoms with Gasteiger partial charge < -0.3 is 14.9 Å². The van der Waals surface area contributed by atoms with Crippen LogP contribution >= 0.6 is 11.5 Å². The third-order valence-corrected chi connectivity index (χ3v) is 4.68. The summed E-state index contributed by atoms with van der Waals surface area (Å²) in [5.74, 6) is -1.92. The third kappa shape index (κ3) is 4.04. The Hall–Kier alpha value is -2.03. The summed E-state index contributed by atoms with van der Waals surface area (Å²) in [6.45, 7) is 2.55. The van der Waals surface area contributed by atoms with E-state index >= 15 is 0 Å². The standard InChI is InChI=1S/C14H20N4O4S/c1-3-10-12(23-16-15-10)13(20)17(2)8-11(19)18-6-4-5-9(7-18)14(21)22/h9H,3-8H2,1-2H3,(H,21,22). The Morgan fingerprint density at radius 2 is 2.17 bits per heavy atom. The SMILES string of the molecule is CCc1nnsc1C(=O)N(C)CC(=O)N1CCCC(C(=O)O)C1. The van der Waals surface area contributed by atoms with Crippen molar-refractivity contribution in [3.63, 3.8) is 0 Å². The van der Waals surface area contributed by atoms with Gasteiger partial charge in [0.2, 0.25) is 5.91 Å². The monoisotopic (exact) mass is 340 g/mol. The van der Waals surface area contributed by atoms with Crippen LogP contribution in [0.4, 0.5) is 0 Å². The zero-order valence-electron chi connectivity index (χ0n) is 13.2. The highest BCUT2D eigenvalue weighted by molar-refractivity contribution is 7.08. The maximum Gasteiger partial charge on any atom is 0.308 e. The van der Waals surface area contributed by atoms with Crippen LogP contribution in [0.3, 0.4) is 0 Å². The fraction of sp³-hybridized carbons (Fsp3) is 0.643. The fourth-order valence-corrected chi connectivity index (χ4v) is 3.30. The molecule has 0 bridgehead atoms. The molecule has 2 heterocycles. The number of piperidine rings is 1. The highest BCUT2D eigenvalue weighted by Gasteiger charge is 2.29. The number of carbonyl (C=O) groups is 3. The van der Waals surface area contributed by atoms with E-state index in [4.69, 9.17) is 5.11 Å². The highest BCUT2D eigenvalue weighted by Crippen LogP contribution is 2.18. The molecule has 1 N–H and O–H groups in total. The normalized spacial score (nSPS) is 17.8. The van der Waals surface area contributed by atoms with E-state index < -0.39 is 11.9 Å². The molecular formula is C14H20N4O4S. The molecule has 0 radical (unpaired) electrons. The lowest BCUT2D eigenvalue weighted by Crippen LogP contribution is -2.46. The summed E-state index contributed by atoms with van der Waals surface area (Å²) in [6.07, 6.45) is 1.85. The van der Waals surface area contributed by atoms with Crippen molar-refractivity contribution in [3.8, 4) is 0 Å². The number of carbonyl (C=O) groups excluding carboxylic acids is 2. The maximum absolute atomic E-state index is 12.4. The second-order valence-corrected chi connectivity index (χ2v) is 6.33. The van der Waals surface area contributed by atoms with Crippen molar-refractivity contribution in [3.05, 3.63) is 10.6 Å². The molecule has 1 aromatic heterocycles. The molecule has 1 unspecified atom stereocenters. The number of carboxylic acids is 1. The van der Waals surface area contributed by atoms with Gasteiger partial charge in [-0.2, -0.15) is 0 Å². The quantitative estimate of drug-likeness (QED) is 0.837. The maximum atomic E-state index is 12.4. The van der Waals surface area contributed by atoms with E-state index in [0.29, 0.717) is 36.4 Å². The average Bonchev–Trinajstić information content (AvgIpc) is 3.02. The van der Waals surface area contributed by atoms with Gasteiger partial charge >= 0.3 is 5.97 Å². The summed E-state index contributed by atoms with van der Waals surface area (Å²) < 4.78 is 3.78. The molecule has 1 atom stereocenters. The number of aromatic nitrogens is 2. The second kappa shape index (κ2) is 7.49. The van der Waals surface area contributed by atoms with Gasteiger partial charge in [0.1, 0.15) is 4.88 Å². The van der Waals surface area contributed by atoms with Crippen molar-refractivity contribution in [2.45, 2.75) is 26.2 Å². The van der Waals surface area contributed by atoms with E-state index in [2.05, 4.69) is 9.59 Å². The zero-order chi connectivity index (χ0) is 17.0. The summed E-state index contributed by atoms with van der Waals surface area (Å²) in [5, 5.41) is 13.0. The van der Waals surface area contributed by atoms with Gasteiger partial charge in [0.05, 0.1) is 18.2 Å². The highest BCUT2D eigenvalue weighted by atomic mass is 32.1. The molecule has 1 aliphatic rings. The van der Waals surface area contributed by atoms with E-state index in [9.17, 15) is 14.4 Å². The van der Waals surface area contributed by atoms with Crippen LogP contribution in [0, 0.1) is 5.92 Å². The van der Waals surface area contributed by atoms with Crippen LogP contribution in [0.5, 0.6) is 0 Å². The van der Waals surface area contributed by atoms with Gasteiger partial charge in [0.25, 0.3) is 5.91 Å². The van der Waals surface area contributed by atoms with Crippen molar-refractivity contribution < 1.29 is 19.5 Å². The second-order valence-electron chi connectivity index (χ2n) is 5.58. The Kier molecular flexibility index (Phi) is 5.64. The number of nitrogens with zero attached hydrogens (tertiary/aromatic N) is 4. The van der Waals surface area contributed by atoms with Crippen LogP contribution in [0.15, 0.2) is 0 Å². The van der Waals surface area contributed by atoms with E-state index in [1.807, 2.05) is 6.92 Å². The summed E-state index contributed by atoms with van der Waals surface area (Å²) >= 11 is 1.02. The first-order chi connectivity index (χ1) is 10.9. The van der Waals surface area contributed by atoms with Gasteiger partial charge in [0.15, 0.2) is 0 Å². The lowest BCUT2D eigenvalue weighted by atomic mass is 9.98. The van der Waals surface area contributed by atoms with Crippen molar-refractivity contribution in [1.82, 2.24) is 19.4 Å². The molecule has 1 aromatic rings. The van der Waals surface area contributed by atoms with Gasteiger partial charge in [-0.25, -0.2) is 0 Å². The number of likely N-dealkylation sites (tertiary alicyclic amines) is 1. The molecular weight excluding hydrogens is 320 g/mol. The summed E-state index contributed by atoms with van der Waals surface area (Å²) in [7, 11) is 1.55. The Labute approximate surface area is 138 Å². The molecule has 2 rings (SSSR count). The van der Waals surface area contributed by atoms with Crippen LogP contribution in [0.2, 0.25) is 0 Å². The van der Waals surface area contributed by atoms with Crippen molar-refractivity contribution in [2.24, 2.45) is 5.92 Å². The minimum Gasteiger partial charge on any atom is -0.481 e. The number of hydrogen-bond acceptors (Lipinski definition) is 6. The first kappa shape index (κ1) is 17.3. The van der Waals surface area contributed by atoms with Gasteiger partial charge in [-0.15, -0.1) is 5.10 Å². The molecule has 126 valence electrons. The molecule has 1 fully saturated rings. The molecule has 0 saturated carbocycles. The lowest BCUT2D eigenvalue weighted by molar-refractivity contribution is -0.145. The number of amides is 2. The predicted octanol–water partition coefficient (Wildman–Crippen LogP) is 0.496. The largest absolute Gasteiger partial charge is 0.481 e. The molecule has 8 nitrogen and oxygen atoms in total. The summed E-state index contributed by atoms with van der Waals surface area (Å²) in [6, 6.07) is 0. The van der Waals surface area contributed by atoms with Crippen molar-refractivity contribution >= 4 is 29.3 Å². The Morgan fingerprint density at radius 3 is 2.83 bits per heavy atom. The molecule has 2 amide bonds. The first-order valence-electron chi connectivity index (χ1n) is 7.51. The Bertz CT molecular complexity index is 603. The minimum absolute atomic E-state index is 0.0772. The lowest BCUT2D eigenvalue weighted by Gasteiger charge is -2.31. The van der Waals surface area contributed by atoms with E-state index in [-0.39, 0.29) is 24.9 Å². The molecule has 0 spiro atoms. The topological polar surface area (TPSA) is 104 Å². The zero-order valence-corrected chi connectivity index (χ0v) is 14.0. The third-order valence-electron chi connectivity index (χ3n) is 3.93. The van der Waals surface area contributed by atoms with E-state index in [1.54, 1.807) is 7.05 Å². The number of carboxylic acid groups (broad SMARTS) is 1. The van der Waals surface area contributed by atoms with Crippen LogP contribution in [0.25, 0.3) is 0 Å². The van der Waals surface area contributed by atoms with Crippen LogP contribution in [-0.2, 0) is 16.0 Å². The van der Waals surface area contributed by atoms with E-state index in [1.165, 1.54) is 9.80 Å². The summed E-state index contributed by atoms with van der Waals surface area (Å²) in [5.41, 5.74) is 0.628. The molecule has 23 heavy (non-hydrogen) atoms.